The molecule has 0 spiro atoms. The zero-order valence-electron chi connectivity index (χ0n) is 13.5. The molecular weight excluding hydrogens is 410 g/mol. The summed E-state index contributed by atoms with van der Waals surface area (Å²) in [7, 11) is 0. The summed E-state index contributed by atoms with van der Waals surface area (Å²) in [5, 5.41) is 7.92. The number of thiophene rings is 1. The number of aromatic nitrogens is 2. The highest BCUT2D eigenvalue weighted by Gasteiger charge is 2.13. The van der Waals surface area contributed by atoms with Crippen molar-refractivity contribution in [3.63, 3.8) is 0 Å². The first kappa shape index (κ1) is 17.4. The monoisotopic (exact) mass is 421 g/mol. The number of carbonyl (C=O) groups is 1. The van der Waals surface area contributed by atoms with Gasteiger partial charge in [0.25, 0.3) is 0 Å². The summed E-state index contributed by atoms with van der Waals surface area (Å²) in [6, 6.07) is 7.52. The van der Waals surface area contributed by atoms with Crippen LogP contribution in [0.2, 0.25) is 4.34 Å². The lowest BCUT2D eigenvalue weighted by molar-refractivity contribution is -0.115. The van der Waals surface area contributed by atoms with Crippen LogP contribution in [0, 0.1) is 6.92 Å². The number of nitrogens with zero attached hydrogens (tertiary/aromatic N) is 2. The van der Waals surface area contributed by atoms with Crippen molar-refractivity contribution in [1.29, 1.82) is 0 Å². The van der Waals surface area contributed by atoms with Gasteiger partial charge >= 0.3 is 0 Å². The molecule has 4 heterocycles. The lowest BCUT2D eigenvalue weighted by Crippen LogP contribution is -2.14. The summed E-state index contributed by atoms with van der Waals surface area (Å²) < 4.78 is 6.27. The lowest BCUT2D eigenvalue weighted by atomic mass is 10.3. The molecule has 0 aliphatic heterocycles. The second-order valence-corrected chi connectivity index (χ2v) is 8.85. The number of nitrogens with one attached hydrogen (secondary N) is 1. The molecular formula is C17H12ClN3O2S3. The van der Waals surface area contributed by atoms with Crippen molar-refractivity contribution in [3.05, 3.63) is 50.8 Å². The molecule has 9 heteroatoms. The molecule has 4 aromatic heterocycles. The van der Waals surface area contributed by atoms with Crippen molar-refractivity contribution in [2.24, 2.45) is 0 Å². The Morgan fingerprint density at radius 3 is 2.81 bits per heavy atom. The first-order chi connectivity index (χ1) is 12.6. The van der Waals surface area contributed by atoms with Crippen molar-refractivity contribution in [3.8, 4) is 21.3 Å². The molecule has 1 amide bonds. The fourth-order valence-electron chi connectivity index (χ4n) is 2.28. The van der Waals surface area contributed by atoms with Gasteiger partial charge in [0.1, 0.15) is 5.76 Å². The lowest BCUT2D eigenvalue weighted by Gasteiger charge is -1.99. The Morgan fingerprint density at radius 1 is 1.19 bits per heavy atom. The van der Waals surface area contributed by atoms with Gasteiger partial charge in [-0.15, -0.1) is 34.0 Å². The Bertz CT molecular complexity index is 980. The van der Waals surface area contributed by atoms with Crippen molar-refractivity contribution in [1.82, 2.24) is 9.97 Å². The molecule has 0 radical (unpaired) electrons. The van der Waals surface area contributed by atoms with E-state index >= 15 is 0 Å². The highest BCUT2D eigenvalue weighted by atomic mass is 35.5. The first-order valence-electron chi connectivity index (χ1n) is 7.59. The predicted molar refractivity (Wildman–Crippen MR) is 107 cm³/mol. The van der Waals surface area contributed by atoms with Gasteiger partial charge in [0.05, 0.1) is 27.0 Å². The van der Waals surface area contributed by atoms with Crippen LogP contribution in [0.3, 0.4) is 0 Å². The van der Waals surface area contributed by atoms with Gasteiger partial charge in [0.2, 0.25) is 5.91 Å². The van der Waals surface area contributed by atoms with Gasteiger partial charge in [-0.25, -0.2) is 9.97 Å². The maximum atomic E-state index is 12.3. The van der Waals surface area contributed by atoms with Crippen LogP contribution in [0.1, 0.15) is 11.5 Å². The molecule has 0 saturated heterocycles. The summed E-state index contributed by atoms with van der Waals surface area (Å²) in [5.74, 6) is 1.40. The second-order valence-electron chi connectivity index (χ2n) is 5.42. The number of rotatable bonds is 5. The number of furan rings is 1. The van der Waals surface area contributed by atoms with E-state index in [1.165, 1.54) is 34.0 Å². The average Bonchev–Trinajstić information content (AvgIpc) is 3.35. The zero-order chi connectivity index (χ0) is 18.1. The minimum atomic E-state index is -0.150. The summed E-state index contributed by atoms with van der Waals surface area (Å²) in [5.41, 5.74) is 1.52. The third-order valence-electron chi connectivity index (χ3n) is 3.42. The molecule has 0 bridgehead atoms. The van der Waals surface area contributed by atoms with Crippen molar-refractivity contribution in [2.75, 3.05) is 5.32 Å². The van der Waals surface area contributed by atoms with Crippen LogP contribution in [0.5, 0.6) is 0 Å². The molecule has 0 aliphatic rings. The molecule has 0 atom stereocenters. The Labute approximate surface area is 166 Å². The van der Waals surface area contributed by atoms with E-state index in [1.54, 1.807) is 0 Å². The SMILES string of the molecule is Cc1ccc(-c2nc(CC(=O)Nc3nc(-c4ccc(Cl)s4)cs3)cs2)o1. The molecule has 1 N–H and O–H groups in total. The van der Waals surface area contributed by atoms with Gasteiger partial charge < -0.3 is 9.73 Å². The van der Waals surface area contributed by atoms with E-state index in [4.69, 9.17) is 16.0 Å². The number of halogens is 1. The largest absolute Gasteiger partial charge is 0.459 e. The molecule has 0 saturated carbocycles. The fraction of sp³-hybridized carbons (Fsp3) is 0.118. The van der Waals surface area contributed by atoms with Crippen LogP contribution in [-0.4, -0.2) is 15.9 Å². The summed E-state index contributed by atoms with van der Waals surface area (Å²) in [6.07, 6.45) is 0.190. The summed E-state index contributed by atoms with van der Waals surface area (Å²) in [4.78, 5) is 22.1. The van der Waals surface area contributed by atoms with Gasteiger partial charge in [0.15, 0.2) is 15.9 Å². The smallest absolute Gasteiger partial charge is 0.232 e. The van der Waals surface area contributed by atoms with Gasteiger partial charge in [-0.1, -0.05) is 11.6 Å². The number of anilines is 1. The van der Waals surface area contributed by atoms with Crippen LogP contribution in [0.4, 0.5) is 5.13 Å². The quantitative estimate of drug-likeness (QED) is 0.446. The van der Waals surface area contributed by atoms with E-state index < -0.39 is 0 Å². The van der Waals surface area contributed by atoms with Crippen LogP contribution in [0.15, 0.2) is 39.4 Å². The third-order valence-corrected chi connectivity index (χ3v) is 6.34. The van der Waals surface area contributed by atoms with E-state index in [1.807, 2.05) is 41.9 Å². The number of carbonyl (C=O) groups excluding carboxylic acids is 1. The average molecular weight is 422 g/mol. The highest BCUT2D eigenvalue weighted by Crippen LogP contribution is 2.33. The molecule has 26 heavy (non-hydrogen) atoms. The number of hydrogen-bond donors (Lipinski definition) is 1. The van der Waals surface area contributed by atoms with Crippen molar-refractivity contribution >= 4 is 56.7 Å². The molecule has 4 aromatic rings. The van der Waals surface area contributed by atoms with Gasteiger partial charge in [-0.05, 0) is 31.2 Å². The molecule has 4 rings (SSSR count). The van der Waals surface area contributed by atoms with Crippen LogP contribution < -0.4 is 5.32 Å². The Kier molecular flexibility index (Phi) is 4.90. The molecule has 0 aromatic carbocycles. The van der Waals surface area contributed by atoms with Gasteiger partial charge in [-0.2, -0.15) is 0 Å². The van der Waals surface area contributed by atoms with Gasteiger partial charge in [-0.3, -0.25) is 4.79 Å². The molecule has 0 fully saturated rings. The Hall–Kier alpha value is -2.00. The highest BCUT2D eigenvalue weighted by molar-refractivity contribution is 7.20. The Balaban J connectivity index is 1.40. The van der Waals surface area contributed by atoms with E-state index in [0.29, 0.717) is 15.2 Å². The minimum absolute atomic E-state index is 0.150. The zero-order valence-corrected chi connectivity index (χ0v) is 16.7. The van der Waals surface area contributed by atoms with Crippen molar-refractivity contribution in [2.45, 2.75) is 13.3 Å². The van der Waals surface area contributed by atoms with Crippen LogP contribution in [0.25, 0.3) is 21.3 Å². The van der Waals surface area contributed by atoms with E-state index in [-0.39, 0.29) is 12.3 Å². The van der Waals surface area contributed by atoms with E-state index in [0.717, 1.165) is 27.1 Å². The molecule has 132 valence electrons. The third kappa shape index (κ3) is 3.88. The molecule has 5 nitrogen and oxygen atoms in total. The van der Waals surface area contributed by atoms with E-state index in [2.05, 4.69) is 15.3 Å². The standard InChI is InChI=1S/C17H12ClN3O2S3/c1-9-2-3-12(23-9)16-19-10(7-24-16)6-15(22)21-17-20-11(8-25-17)13-4-5-14(18)26-13/h2-5,7-8H,6H2,1H3,(H,20,21,22). The molecule has 0 unspecified atom stereocenters. The molecule has 0 aliphatic carbocycles. The van der Waals surface area contributed by atoms with Crippen LogP contribution in [-0.2, 0) is 11.2 Å². The number of amides is 1. The van der Waals surface area contributed by atoms with Crippen molar-refractivity contribution < 1.29 is 9.21 Å². The van der Waals surface area contributed by atoms with Crippen LogP contribution >= 0.6 is 45.6 Å². The van der Waals surface area contributed by atoms with Gasteiger partial charge in [0, 0.05) is 10.8 Å². The number of thiazole rings is 2. The second kappa shape index (κ2) is 7.32. The maximum Gasteiger partial charge on any atom is 0.232 e. The minimum Gasteiger partial charge on any atom is -0.459 e. The predicted octanol–water partition coefficient (Wildman–Crippen LogP) is 5.73. The fourth-order valence-corrected chi connectivity index (χ4v) is 4.86. The number of hydrogen-bond acceptors (Lipinski definition) is 7. The topological polar surface area (TPSA) is 68.0 Å². The normalized spacial score (nSPS) is 11.0. The maximum absolute atomic E-state index is 12.3. The van der Waals surface area contributed by atoms with E-state index in [9.17, 15) is 4.79 Å². The first-order valence-corrected chi connectivity index (χ1v) is 10.5. The summed E-state index contributed by atoms with van der Waals surface area (Å²) >= 11 is 10.3. The summed E-state index contributed by atoms with van der Waals surface area (Å²) in [6.45, 7) is 1.89. The number of aryl methyl sites for hydroxylation is 1. The Morgan fingerprint density at radius 2 is 2.08 bits per heavy atom.